The molecule has 1 aromatic carbocycles. The number of rotatable bonds is 9. The van der Waals surface area contributed by atoms with Crippen LogP contribution in [-0.2, 0) is 43.5 Å². The Balaban J connectivity index is 2.30. The van der Waals surface area contributed by atoms with Gasteiger partial charge in [0.05, 0.1) is 18.6 Å². The van der Waals surface area contributed by atoms with Crippen LogP contribution in [0.4, 0.5) is 5.69 Å². The van der Waals surface area contributed by atoms with E-state index < -0.39 is 41.1 Å². The SMILES string of the molecule is CCCCOC(=O)C(C)(C)c1cccc(N2CCO[C@H]([C@@H](OC(C)=O)C(=O)OC(C)(C)C)C2=O)c1. The van der Waals surface area contributed by atoms with Gasteiger partial charge in [-0.1, -0.05) is 25.5 Å². The second-order valence-electron chi connectivity index (χ2n) is 10.0. The number of carbonyl (C=O) groups is 4. The molecule has 1 aliphatic rings. The van der Waals surface area contributed by atoms with E-state index in [0.29, 0.717) is 17.9 Å². The van der Waals surface area contributed by atoms with Crippen LogP contribution in [0, 0.1) is 0 Å². The van der Waals surface area contributed by atoms with Gasteiger partial charge in [-0.15, -0.1) is 0 Å². The van der Waals surface area contributed by atoms with Crippen molar-refractivity contribution in [3.05, 3.63) is 29.8 Å². The van der Waals surface area contributed by atoms with Gasteiger partial charge in [0.25, 0.3) is 5.91 Å². The molecule has 0 aromatic heterocycles. The summed E-state index contributed by atoms with van der Waals surface area (Å²) in [5.41, 5.74) is -0.578. The molecule has 1 amide bonds. The Morgan fingerprint density at radius 2 is 1.86 bits per heavy atom. The van der Waals surface area contributed by atoms with Crippen molar-refractivity contribution in [3.63, 3.8) is 0 Å². The van der Waals surface area contributed by atoms with Crippen LogP contribution in [-0.4, -0.2) is 61.4 Å². The van der Waals surface area contributed by atoms with Crippen LogP contribution >= 0.6 is 0 Å². The molecule has 9 nitrogen and oxygen atoms in total. The van der Waals surface area contributed by atoms with E-state index in [1.807, 2.05) is 6.92 Å². The quantitative estimate of drug-likeness (QED) is 0.294. The molecule has 0 bridgehead atoms. The highest BCUT2D eigenvalue weighted by Gasteiger charge is 2.44. The molecular formula is C26H37NO8. The number of hydrogen-bond acceptors (Lipinski definition) is 8. The third kappa shape index (κ3) is 7.52. The van der Waals surface area contributed by atoms with Crippen LogP contribution < -0.4 is 4.90 Å². The van der Waals surface area contributed by atoms with Gasteiger partial charge >= 0.3 is 17.9 Å². The molecule has 1 fully saturated rings. The Kier molecular flexibility index (Phi) is 9.43. The van der Waals surface area contributed by atoms with Gasteiger partial charge in [0.1, 0.15) is 5.60 Å². The molecule has 2 rings (SSSR count). The van der Waals surface area contributed by atoms with Crippen molar-refractivity contribution in [1.29, 1.82) is 0 Å². The lowest BCUT2D eigenvalue weighted by Crippen LogP contribution is -2.56. The van der Waals surface area contributed by atoms with Gasteiger partial charge < -0.3 is 23.8 Å². The van der Waals surface area contributed by atoms with Crippen LogP contribution in [0.25, 0.3) is 0 Å². The van der Waals surface area contributed by atoms with Crippen molar-refractivity contribution >= 4 is 29.5 Å². The highest BCUT2D eigenvalue weighted by molar-refractivity contribution is 6.01. The molecule has 1 heterocycles. The summed E-state index contributed by atoms with van der Waals surface area (Å²) in [4.78, 5) is 52.0. The number of morpholine rings is 1. The summed E-state index contributed by atoms with van der Waals surface area (Å²) in [6.07, 6.45) is -1.21. The Morgan fingerprint density at radius 1 is 1.17 bits per heavy atom. The maximum atomic E-state index is 13.4. The number of amides is 1. The van der Waals surface area contributed by atoms with Crippen LogP contribution in [0.1, 0.15) is 66.9 Å². The Hall–Kier alpha value is -2.94. The topological polar surface area (TPSA) is 108 Å². The number of esters is 3. The lowest BCUT2D eigenvalue weighted by Gasteiger charge is -2.36. The number of carbonyl (C=O) groups excluding carboxylic acids is 4. The van der Waals surface area contributed by atoms with E-state index >= 15 is 0 Å². The van der Waals surface area contributed by atoms with Gasteiger partial charge in [-0.2, -0.15) is 0 Å². The predicted octanol–water partition coefficient (Wildman–Crippen LogP) is 3.31. The summed E-state index contributed by atoms with van der Waals surface area (Å²) < 4.78 is 21.5. The zero-order chi connectivity index (χ0) is 26.4. The van der Waals surface area contributed by atoms with E-state index in [4.69, 9.17) is 18.9 Å². The van der Waals surface area contributed by atoms with Gasteiger partial charge in [-0.3, -0.25) is 14.4 Å². The fraction of sp³-hybridized carbons (Fsp3) is 0.615. The second kappa shape index (κ2) is 11.7. The van der Waals surface area contributed by atoms with Gasteiger partial charge in [0.2, 0.25) is 6.10 Å². The molecule has 0 aliphatic carbocycles. The normalized spacial score (nSPS) is 17.5. The third-order valence-corrected chi connectivity index (χ3v) is 5.45. The fourth-order valence-corrected chi connectivity index (χ4v) is 3.52. The number of benzene rings is 1. The van der Waals surface area contributed by atoms with Crippen molar-refractivity contribution in [2.45, 2.75) is 84.5 Å². The summed E-state index contributed by atoms with van der Waals surface area (Å²) in [6, 6.07) is 7.03. The molecule has 1 aliphatic heterocycles. The number of nitrogens with zero attached hydrogens (tertiary/aromatic N) is 1. The Bertz CT molecular complexity index is 934. The number of ether oxygens (including phenoxy) is 4. The maximum Gasteiger partial charge on any atom is 0.351 e. The van der Waals surface area contributed by atoms with E-state index in [0.717, 1.165) is 19.8 Å². The molecule has 1 aromatic rings. The fourth-order valence-electron chi connectivity index (χ4n) is 3.52. The highest BCUT2D eigenvalue weighted by atomic mass is 16.6. The van der Waals surface area contributed by atoms with Crippen LogP contribution in [0.2, 0.25) is 0 Å². The highest BCUT2D eigenvalue weighted by Crippen LogP contribution is 2.30. The van der Waals surface area contributed by atoms with E-state index in [1.165, 1.54) is 4.90 Å². The molecule has 1 saturated heterocycles. The molecule has 0 spiro atoms. The Labute approximate surface area is 207 Å². The molecule has 35 heavy (non-hydrogen) atoms. The van der Waals surface area contributed by atoms with Crippen LogP contribution in [0.15, 0.2) is 24.3 Å². The van der Waals surface area contributed by atoms with Crippen molar-refractivity contribution in [2.75, 3.05) is 24.7 Å². The van der Waals surface area contributed by atoms with E-state index in [-0.39, 0.29) is 19.1 Å². The van der Waals surface area contributed by atoms with Crippen LogP contribution in [0.3, 0.4) is 0 Å². The minimum absolute atomic E-state index is 0.115. The molecule has 9 heteroatoms. The summed E-state index contributed by atoms with van der Waals surface area (Å²) in [5, 5.41) is 0. The third-order valence-electron chi connectivity index (χ3n) is 5.45. The van der Waals surface area contributed by atoms with Crippen molar-refractivity contribution in [2.24, 2.45) is 0 Å². The summed E-state index contributed by atoms with van der Waals surface area (Å²) in [6.45, 7) is 12.4. The monoisotopic (exact) mass is 491 g/mol. The largest absolute Gasteiger partial charge is 0.465 e. The average molecular weight is 492 g/mol. The smallest absolute Gasteiger partial charge is 0.351 e. The standard InChI is InChI=1S/C26H37NO8/c1-8-9-14-33-24(31)26(6,7)18-11-10-12-19(16-18)27-13-15-32-20(22(27)29)21(34-17(2)28)23(30)35-25(3,4)5/h10-12,16,20-21H,8-9,13-15H2,1-7H3/t20-,21-/m1/s1. The second-order valence-corrected chi connectivity index (χ2v) is 10.0. The van der Waals surface area contributed by atoms with Crippen molar-refractivity contribution < 1.29 is 38.1 Å². The van der Waals surface area contributed by atoms with Crippen molar-refractivity contribution in [1.82, 2.24) is 0 Å². The number of hydrogen-bond donors (Lipinski definition) is 0. The summed E-state index contributed by atoms with van der Waals surface area (Å²) >= 11 is 0. The van der Waals surface area contributed by atoms with Gasteiger partial charge in [0, 0.05) is 19.2 Å². The minimum Gasteiger partial charge on any atom is -0.465 e. The lowest BCUT2D eigenvalue weighted by molar-refractivity contribution is -0.188. The van der Waals surface area contributed by atoms with Gasteiger partial charge in [-0.25, -0.2) is 4.79 Å². The molecular weight excluding hydrogens is 454 g/mol. The lowest BCUT2D eigenvalue weighted by atomic mass is 9.84. The molecule has 2 atom stereocenters. The van der Waals surface area contributed by atoms with Gasteiger partial charge in [0.15, 0.2) is 6.10 Å². The van der Waals surface area contributed by atoms with Gasteiger partial charge in [-0.05, 0) is 58.7 Å². The summed E-state index contributed by atoms with van der Waals surface area (Å²) in [5.74, 6) is -2.50. The minimum atomic E-state index is -1.55. The zero-order valence-electron chi connectivity index (χ0n) is 21.7. The Morgan fingerprint density at radius 3 is 2.46 bits per heavy atom. The average Bonchev–Trinajstić information content (AvgIpc) is 2.76. The first kappa shape index (κ1) is 28.3. The predicted molar refractivity (Wildman–Crippen MR) is 129 cm³/mol. The molecule has 0 N–H and O–H groups in total. The molecule has 0 saturated carbocycles. The number of anilines is 1. The molecule has 0 unspecified atom stereocenters. The maximum absolute atomic E-state index is 13.4. The zero-order valence-corrected chi connectivity index (χ0v) is 21.7. The first-order chi connectivity index (χ1) is 16.3. The first-order valence-electron chi connectivity index (χ1n) is 11.9. The molecule has 194 valence electrons. The van der Waals surface area contributed by atoms with E-state index in [9.17, 15) is 19.2 Å². The molecule has 0 radical (unpaired) electrons. The van der Waals surface area contributed by atoms with Crippen LogP contribution in [0.5, 0.6) is 0 Å². The van der Waals surface area contributed by atoms with E-state index in [2.05, 4.69) is 0 Å². The number of unbranched alkanes of at least 4 members (excludes halogenated alkanes) is 1. The first-order valence-corrected chi connectivity index (χ1v) is 11.9. The van der Waals surface area contributed by atoms with E-state index in [1.54, 1.807) is 58.9 Å². The summed E-state index contributed by atoms with van der Waals surface area (Å²) in [7, 11) is 0. The van der Waals surface area contributed by atoms with Crippen molar-refractivity contribution in [3.8, 4) is 0 Å².